The normalized spacial score (nSPS) is 20.8. The molecule has 110 valence electrons. The Morgan fingerprint density at radius 1 is 1.17 bits per heavy atom. The van der Waals surface area contributed by atoms with Crippen molar-refractivity contribution in [3.8, 4) is 0 Å². The van der Waals surface area contributed by atoms with Gasteiger partial charge < -0.3 is 21.2 Å². The van der Waals surface area contributed by atoms with Crippen molar-refractivity contribution >= 4 is 5.91 Å². The first-order valence-electron chi connectivity index (χ1n) is 5.84. The van der Waals surface area contributed by atoms with Crippen molar-refractivity contribution in [2.75, 3.05) is 40.3 Å². The molecule has 0 atom stereocenters. The van der Waals surface area contributed by atoms with Gasteiger partial charge in [0.05, 0.1) is 0 Å². The summed E-state index contributed by atoms with van der Waals surface area (Å²) in [5.74, 6) is 0.575. The maximum Gasteiger partial charge on any atom is 2.00 e. The first kappa shape index (κ1) is 20.3. The van der Waals surface area contributed by atoms with Crippen molar-refractivity contribution in [2.24, 2.45) is 5.92 Å². The van der Waals surface area contributed by atoms with Crippen LogP contribution < -0.4 is 5.32 Å². The predicted molar refractivity (Wildman–Crippen MR) is 63.5 cm³/mol. The second kappa shape index (κ2) is 8.97. The average Bonchev–Trinajstić information content (AvgIpc) is 2.15. The van der Waals surface area contributed by atoms with E-state index in [1.165, 1.54) is 0 Å². The van der Waals surface area contributed by atoms with Crippen LogP contribution in [0, 0.1) is 5.92 Å². The van der Waals surface area contributed by atoms with Crippen LogP contribution in [-0.2, 0) is 25.2 Å². The van der Waals surface area contributed by atoms with E-state index in [1.54, 1.807) is 4.90 Å². The van der Waals surface area contributed by atoms with E-state index in [4.69, 9.17) is 0 Å². The molecule has 0 aromatic heterocycles. The van der Waals surface area contributed by atoms with Gasteiger partial charge in [-0.25, -0.2) is 0 Å². The third-order valence-electron chi connectivity index (χ3n) is 3.60. The quantitative estimate of drug-likeness (QED) is 0.670. The Labute approximate surface area is 122 Å². The van der Waals surface area contributed by atoms with Gasteiger partial charge in [0.15, 0.2) is 0 Å². The molecular weight excluding hydrogens is 329 g/mol. The van der Waals surface area contributed by atoms with E-state index in [0.717, 1.165) is 45.1 Å². The van der Waals surface area contributed by atoms with Crippen molar-refractivity contribution in [1.82, 2.24) is 15.1 Å². The third kappa shape index (κ3) is 4.58. The molecule has 0 aromatic rings. The van der Waals surface area contributed by atoms with E-state index >= 15 is 0 Å². The molecule has 7 heteroatoms. The minimum absolute atomic E-state index is 0. The summed E-state index contributed by atoms with van der Waals surface area (Å²) in [7, 11) is 3.70. The smallest absolute Gasteiger partial charge is 0.870 e. The topological polar surface area (TPSA) is 95.6 Å². The molecule has 0 aliphatic carbocycles. The Kier molecular flexibility index (Phi) is 10.1. The molecule has 0 saturated carbocycles. The van der Waals surface area contributed by atoms with Gasteiger partial charge in [0.1, 0.15) is 0 Å². The van der Waals surface area contributed by atoms with Gasteiger partial charge in [-0.15, -0.1) is 0 Å². The van der Waals surface area contributed by atoms with Crippen LogP contribution in [0.2, 0.25) is 0 Å². The number of amides is 1. The number of rotatable bonds is 2. The van der Waals surface area contributed by atoms with Crippen LogP contribution >= 0.6 is 0 Å². The molecular formula is C11H23N3O3Pd. The molecule has 0 aromatic carbocycles. The fourth-order valence-corrected chi connectivity index (χ4v) is 2.41. The SMILES string of the molecule is CN(C)C(=O)C1CCN(C2CNC2)CC1.[OH-].[OH-].[Pd+2]. The first-order chi connectivity index (χ1) is 7.18. The minimum Gasteiger partial charge on any atom is -0.870 e. The monoisotopic (exact) mass is 351 g/mol. The number of hydrogen-bond donors (Lipinski definition) is 1. The van der Waals surface area contributed by atoms with E-state index in [2.05, 4.69) is 10.2 Å². The molecule has 0 spiro atoms. The molecule has 2 aliphatic heterocycles. The second-order valence-electron chi connectivity index (χ2n) is 4.85. The molecule has 0 bridgehead atoms. The second-order valence-corrected chi connectivity index (χ2v) is 4.85. The summed E-state index contributed by atoms with van der Waals surface area (Å²) in [6.45, 7) is 4.45. The van der Waals surface area contributed by atoms with Gasteiger partial charge in [-0.05, 0) is 25.9 Å². The van der Waals surface area contributed by atoms with Gasteiger partial charge in [0.2, 0.25) is 5.91 Å². The van der Waals surface area contributed by atoms with E-state index in [1.807, 2.05) is 14.1 Å². The van der Waals surface area contributed by atoms with Gasteiger partial charge in [-0.3, -0.25) is 9.69 Å². The van der Waals surface area contributed by atoms with Crippen molar-refractivity contribution < 1.29 is 36.2 Å². The van der Waals surface area contributed by atoms with Crippen LogP contribution in [0.15, 0.2) is 0 Å². The number of piperidine rings is 1. The number of carbonyl (C=O) groups is 1. The Morgan fingerprint density at radius 2 is 1.67 bits per heavy atom. The minimum atomic E-state index is 0. The summed E-state index contributed by atoms with van der Waals surface area (Å²) in [4.78, 5) is 16.0. The Morgan fingerprint density at radius 3 is 2.00 bits per heavy atom. The van der Waals surface area contributed by atoms with Crippen LogP contribution in [0.5, 0.6) is 0 Å². The van der Waals surface area contributed by atoms with Crippen molar-refractivity contribution in [3.05, 3.63) is 0 Å². The Bertz CT molecular complexity index is 242. The summed E-state index contributed by atoms with van der Waals surface area (Å²) in [6, 6.07) is 0.736. The maximum absolute atomic E-state index is 11.8. The van der Waals surface area contributed by atoms with Gasteiger partial charge in [0.25, 0.3) is 0 Å². The number of carbonyl (C=O) groups excluding carboxylic acids is 1. The molecule has 2 fully saturated rings. The summed E-state index contributed by atoms with van der Waals surface area (Å²) in [6.07, 6.45) is 2.07. The maximum atomic E-state index is 11.8. The average molecular weight is 352 g/mol. The van der Waals surface area contributed by atoms with Crippen molar-refractivity contribution in [2.45, 2.75) is 18.9 Å². The summed E-state index contributed by atoms with van der Waals surface area (Å²) in [5.41, 5.74) is 0. The van der Waals surface area contributed by atoms with Crippen molar-refractivity contribution in [1.29, 1.82) is 0 Å². The Hall–Kier alpha value is -0.0277. The van der Waals surface area contributed by atoms with E-state index < -0.39 is 0 Å². The van der Waals surface area contributed by atoms with Crippen LogP contribution in [-0.4, -0.2) is 73.0 Å². The van der Waals surface area contributed by atoms with Gasteiger partial charge >= 0.3 is 20.4 Å². The number of nitrogens with one attached hydrogen (secondary N) is 1. The fourth-order valence-electron chi connectivity index (χ4n) is 2.41. The molecule has 3 N–H and O–H groups in total. The van der Waals surface area contributed by atoms with Gasteiger partial charge in [0, 0.05) is 39.1 Å². The number of likely N-dealkylation sites (tertiary alicyclic amines) is 1. The standard InChI is InChI=1S/C11H21N3O.2H2O.Pd/c1-13(2)11(15)9-3-5-14(6-4-9)10-7-12-8-10;;;/h9-10,12H,3-8H2,1-2H3;2*1H2;/q;;;+2/p-2. The van der Waals surface area contributed by atoms with E-state index in [-0.39, 0.29) is 37.3 Å². The van der Waals surface area contributed by atoms with Gasteiger partial charge in [-0.2, -0.15) is 0 Å². The molecule has 2 aliphatic rings. The molecule has 0 unspecified atom stereocenters. The molecule has 2 rings (SSSR count). The van der Waals surface area contributed by atoms with Crippen LogP contribution in [0.1, 0.15) is 12.8 Å². The van der Waals surface area contributed by atoms with E-state index in [0.29, 0.717) is 5.91 Å². The molecule has 0 radical (unpaired) electrons. The molecule has 2 saturated heterocycles. The molecule has 2 heterocycles. The summed E-state index contributed by atoms with van der Waals surface area (Å²) >= 11 is 0. The zero-order valence-corrected chi connectivity index (χ0v) is 12.5. The largest absolute Gasteiger partial charge is 2.00 e. The number of hydrogen-bond acceptors (Lipinski definition) is 5. The molecule has 18 heavy (non-hydrogen) atoms. The first-order valence-corrected chi connectivity index (χ1v) is 5.84. The Balaban J connectivity index is 0. The molecule has 1 amide bonds. The van der Waals surface area contributed by atoms with Crippen LogP contribution in [0.4, 0.5) is 0 Å². The molecule has 6 nitrogen and oxygen atoms in total. The number of nitrogens with zero attached hydrogens (tertiary/aromatic N) is 2. The zero-order valence-electron chi connectivity index (χ0n) is 10.9. The van der Waals surface area contributed by atoms with Crippen LogP contribution in [0.3, 0.4) is 0 Å². The third-order valence-corrected chi connectivity index (χ3v) is 3.60. The van der Waals surface area contributed by atoms with Crippen LogP contribution in [0.25, 0.3) is 0 Å². The van der Waals surface area contributed by atoms with E-state index in [9.17, 15) is 4.79 Å². The summed E-state index contributed by atoms with van der Waals surface area (Å²) < 4.78 is 0. The zero-order chi connectivity index (χ0) is 10.8. The van der Waals surface area contributed by atoms with Gasteiger partial charge in [-0.1, -0.05) is 0 Å². The summed E-state index contributed by atoms with van der Waals surface area (Å²) in [5, 5.41) is 3.29. The fraction of sp³-hybridized carbons (Fsp3) is 0.909. The van der Waals surface area contributed by atoms with Crippen molar-refractivity contribution in [3.63, 3.8) is 0 Å². The predicted octanol–water partition coefficient (Wildman–Crippen LogP) is -0.598.